The molecule has 3 aliphatic rings. The smallest absolute Gasteiger partial charge is 0.0733 e. The second-order valence-electron chi connectivity index (χ2n) is 10.8. The van der Waals surface area contributed by atoms with Crippen LogP contribution in [-0.4, -0.2) is 0 Å². The Labute approximate surface area is 240 Å². The van der Waals surface area contributed by atoms with Gasteiger partial charge in [-0.05, 0) is 69.0 Å². The van der Waals surface area contributed by atoms with Gasteiger partial charge in [0.1, 0.15) is 0 Å². The average molecular weight is 580 g/mol. The normalized spacial score (nSPS) is 18.6. The van der Waals surface area contributed by atoms with E-state index < -0.39 is 0 Å². The molecule has 9 rings (SSSR count). The summed E-state index contributed by atoms with van der Waals surface area (Å²) in [6.45, 7) is 0. The molecule has 0 aliphatic heterocycles. The predicted molar refractivity (Wildman–Crippen MR) is 170 cm³/mol. The van der Waals surface area contributed by atoms with E-state index in [1.165, 1.54) is 80.3 Å². The Kier molecular flexibility index (Phi) is 4.49. The van der Waals surface area contributed by atoms with E-state index in [9.17, 15) is 0 Å². The van der Waals surface area contributed by atoms with Gasteiger partial charge in [0.05, 0.1) is 5.41 Å². The van der Waals surface area contributed by atoms with Gasteiger partial charge in [0, 0.05) is 30.2 Å². The van der Waals surface area contributed by atoms with Crippen LogP contribution in [0.3, 0.4) is 0 Å². The maximum Gasteiger partial charge on any atom is 0.0733 e. The Bertz CT molecular complexity index is 2070. The van der Waals surface area contributed by atoms with Crippen molar-refractivity contribution in [2.75, 3.05) is 0 Å². The summed E-state index contributed by atoms with van der Waals surface area (Å²) in [7, 11) is 0. The summed E-state index contributed by atoms with van der Waals surface area (Å²) >= 11 is 6.00. The minimum Gasteiger partial charge on any atom is -0.134 e. The molecule has 0 bridgehead atoms. The molecule has 6 aromatic rings. The molecule has 0 saturated carbocycles. The van der Waals surface area contributed by atoms with Crippen LogP contribution in [0.15, 0.2) is 125 Å². The van der Waals surface area contributed by atoms with E-state index in [1.54, 1.807) is 0 Å². The molecule has 1 unspecified atom stereocenters. The van der Waals surface area contributed by atoms with Gasteiger partial charge in [0.25, 0.3) is 0 Å². The molecule has 39 heavy (non-hydrogen) atoms. The van der Waals surface area contributed by atoms with E-state index in [2.05, 4.69) is 131 Å². The molecule has 184 valence electrons. The SMILES string of the molecule is Brc1cccc2c1C1(C3=CCCC=C3c3c1ccc1c3sc3c(-c4ccccc4)cccc31)c1ccccc1-2. The fourth-order valence-corrected chi connectivity index (χ4v) is 9.63. The van der Waals surface area contributed by atoms with Crippen molar-refractivity contribution in [1.82, 2.24) is 0 Å². The fourth-order valence-electron chi connectivity index (χ4n) is 7.57. The first-order chi connectivity index (χ1) is 19.3. The Morgan fingerprint density at radius 1 is 0.590 bits per heavy atom. The Hall–Kier alpha value is -3.72. The van der Waals surface area contributed by atoms with Crippen LogP contribution < -0.4 is 0 Å². The van der Waals surface area contributed by atoms with Crippen LogP contribution >= 0.6 is 27.3 Å². The molecule has 0 saturated heterocycles. The molecule has 3 aliphatic carbocycles. The summed E-state index contributed by atoms with van der Waals surface area (Å²) in [5.74, 6) is 0. The van der Waals surface area contributed by atoms with Crippen LogP contribution in [0, 0.1) is 0 Å². The van der Waals surface area contributed by atoms with Crippen LogP contribution in [0.2, 0.25) is 0 Å². The van der Waals surface area contributed by atoms with E-state index in [-0.39, 0.29) is 5.41 Å². The third-order valence-electron chi connectivity index (χ3n) is 8.99. The van der Waals surface area contributed by atoms with E-state index in [4.69, 9.17) is 0 Å². The summed E-state index contributed by atoms with van der Waals surface area (Å²) in [4.78, 5) is 0. The van der Waals surface area contributed by atoms with Crippen LogP contribution in [0.4, 0.5) is 0 Å². The number of hydrogen-bond donors (Lipinski definition) is 0. The number of rotatable bonds is 1. The highest BCUT2D eigenvalue weighted by Crippen LogP contribution is 2.67. The van der Waals surface area contributed by atoms with Gasteiger partial charge in [-0.2, -0.15) is 0 Å². The lowest BCUT2D eigenvalue weighted by molar-refractivity contribution is 0.778. The van der Waals surface area contributed by atoms with Crippen molar-refractivity contribution in [2.45, 2.75) is 18.3 Å². The highest BCUT2D eigenvalue weighted by atomic mass is 79.9. The van der Waals surface area contributed by atoms with Crippen molar-refractivity contribution in [3.8, 4) is 22.3 Å². The minimum atomic E-state index is -0.291. The van der Waals surface area contributed by atoms with E-state index in [1.807, 2.05) is 11.3 Å². The van der Waals surface area contributed by atoms with E-state index in [0.717, 1.165) is 12.8 Å². The molecule has 1 spiro atoms. The molecule has 2 heteroatoms. The summed E-state index contributed by atoms with van der Waals surface area (Å²) in [6.07, 6.45) is 7.23. The average Bonchev–Trinajstić information content (AvgIpc) is 3.62. The van der Waals surface area contributed by atoms with Gasteiger partial charge < -0.3 is 0 Å². The summed E-state index contributed by atoms with van der Waals surface area (Å²) in [5, 5.41) is 2.73. The lowest BCUT2D eigenvalue weighted by atomic mass is 9.69. The maximum absolute atomic E-state index is 4.03. The Balaban J connectivity index is 1.44. The molecular formula is C37H23BrS. The molecule has 0 radical (unpaired) electrons. The molecule has 1 heterocycles. The zero-order valence-corrected chi connectivity index (χ0v) is 23.6. The van der Waals surface area contributed by atoms with Gasteiger partial charge in [-0.25, -0.2) is 0 Å². The van der Waals surface area contributed by atoms with Gasteiger partial charge in [0.15, 0.2) is 0 Å². The van der Waals surface area contributed by atoms with Crippen molar-refractivity contribution in [3.63, 3.8) is 0 Å². The first kappa shape index (κ1) is 22.1. The minimum absolute atomic E-state index is 0.291. The number of halogens is 1. The molecule has 0 amide bonds. The first-order valence-electron chi connectivity index (χ1n) is 13.6. The topological polar surface area (TPSA) is 0 Å². The summed E-state index contributed by atoms with van der Waals surface area (Å²) in [5.41, 5.74) is 13.6. The molecule has 0 nitrogen and oxygen atoms in total. The predicted octanol–water partition coefficient (Wildman–Crippen LogP) is 10.9. The van der Waals surface area contributed by atoms with Crippen molar-refractivity contribution < 1.29 is 0 Å². The summed E-state index contributed by atoms with van der Waals surface area (Å²) in [6, 6.07) is 38.3. The molecule has 0 N–H and O–H groups in total. The van der Waals surface area contributed by atoms with Crippen LogP contribution in [0.25, 0.3) is 48.0 Å². The largest absolute Gasteiger partial charge is 0.134 e. The van der Waals surface area contributed by atoms with Crippen LogP contribution in [-0.2, 0) is 5.41 Å². The Morgan fingerprint density at radius 2 is 1.33 bits per heavy atom. The van der Waals surface area contributed by atoms with Crippen molar-refractivity contribution in [1.29, 1.82) is 0 Å². The second-order valence-corrected chi connectivity index (χ2v) is 12.7. The monoisotopic (exact) mass is 578 g/mol. The van der Waals surface area contributed by atoms with Gasteiger partial charge in [0.2, 0.25) is 0 Å². The molecule has 0 fully saturated rings. The molecule has 1 atom stereocenters. The molecule has 5 aromatic carbocycles. The number of hydrogen-bond acceptors (Lipinski definition) is 1. The van der Waals surface area contributed by atoms with Crippen molar-refractivity contribution in [2.24, 2.45) is 0 Å². The van der Waals surface area contributed by atoms with Crippen molar-refractivity contribution >= 4 is 53.0 Å². The maximum atomic E-state index is 4.03. The second kappa shape index (κ2) is 7.91. The molecular weight excluding hydrogens is 556 g/mol. The third-order valence-corrected chi connectivity index (χ3v) is 10.9. The quantitative estimate of drug-likeness (QED) is 0.182. The van der Waals surface area contributed by atoms with Crippen molar-refractivity contribution in [3.05, 3.63) is 148 Å². The van der Waals surface area contributed by atoms with Gasteiger partial charge in [-0.1, -0.05) is 125 Å². The van der Waals surface area contributed by atoms with Gasteiger partial charge in [-0.3, -0.25) is 0 Å². The van der Waals surface area contributed by atoms with E-state index >= 15 is 0 Å². The zero-order chi connectivity index (χ0) is 25.7. The number of benzene rings is 5. The van der Waals surface area contributed by atoms with E-state index in [0.29, 0.717) is 0 Å². The van der Waals surface area contributed by atoms with Gasteiger partial charge >= 0.3 is 0 Å². The third kappa shape index (κ3) is 2.69. The fraction of sp³-hybridized carbons (Fsp3) is 0.0811. The zero-order valence-electron chi connectivity index (χ0n) is 21.2. The molecule has 1 aromatic heterocycles. The summed E-state index contributed by atoms with van der Waals surface area (Å²) < 4.78 is 3.99. The highest BCUT2D eigenvalue weighted by Gasteiger charge is 2.55. The lowest BCUT2D eigenvalue weighted by Gasteiger charge is -2.32. The van der Waals surface area contributed by atoms with Crippen LogP contribution in [0.5, 0.6) is 0 Å². The highest BCUT2D eigenvalue weighted by molar-refractivity contribution is 9.10. The standard InChI is InChI=1S/C37H23BrS/c38-32-19-9-15-25-24-12-4-6-17-29(24)37(34(25)32)30-18-7-5-13-28(30)33-31(37)21-20-27-26-16-8-14-23(35(26)39-36(27)33)22-10-2-1-3-11-22/h1-4,6,8-21H,5,7H2. The van der Waals surface area contributed by atoms with Crippen LogP contribution in [0.1, 0.15) is 35.1 Å². The first-order valence-corrected chi connectivity index (χ1v) is 15.2. The number of thiophene rings is 1. The number of allylic oxidation sites excluding steroid dienone is 4. The number of fused-ring (bicyclic) bond motifs is 14. The Morgan fingerprint density at radius 3 is 2.26 bits per heavy atom. The lowest BCUT2D eigenvalue weighted by Crippen LogP contribution is -2.26. The van der Waals surface area contributed by atoms with Gasteiger partial charge in [-0.15, -0.1) is 11.3 Å².